The first-order valence-corrected chi connectivity index (χ1v) is 8.37. The highest BCUT2D eigenvalue weighted by molar-refractivity contribution is 9.10. The van der Waals surface area contributed by atoms with Gasteiger partial charge in [-0.2, -0.15) is 0 Å². The molecule has 1 nitrogen and oxygen atoms in total. The van der Waals surface area contributed by atoms with Gasteiger partial charge in [0.2, 0.25) is 0 Å². The number of thioether (sulfide) groups is 1. The molecule has 0 amide bonds. The van der Waals surface area contributed by atoms with Crippen LogP contribution in [0.4, 0.5) is 10.1 Å². The van der Waals surface area contributed by atoms with E-state index in [9.17, 15) is 4.39 Å². The zero-order chi connectivity index (χ0) is 14.1. The number of anilines is 1. The van der Waals surface area contributed by atoms with Crippen molar-refractivity contribution >= 4 is 33.4 Å². The van der Waals surface area contributed by atoms with Crippen molar-refractivity contribution < 1.29 is 4.39 Å². The summed E-state index contributed by atoms with van der Waals surface area (Å²) < 4.78 is 14.9. The minimum absolute atomic E-state index is 0.107. The second-order valence-corrected chi connectivity index (χ2v) is 6.92. The quantitative estimate of drug-likeness (QED) is 0.761. The zero-order valence-electron chi connectivity index (χ0n) is 11.1. The lowest BCUT2D eigenvalue weighted by molar-refractivity contribution is 0.585. The SMILES string of the molecule is Cc1ccc(NC2CCSc3c(F)cccc32)cc1Br. The van der Waals surface area contributed by atoms with Crippen LogP contribution < -0.4 is 5.32 Å². The van der Waals surface area contributed by atoms with E-state index >= 15 is 0 Å². The second-order valence-electron chi connectivity index (χ2n) is 4.96. The molecule has 1 aliphatic rings. The van der Waals surface area contributed by atoms with Crippen molar-refractivity contribution in [1.82, 2.24) is 0 Å². The maximum atomic E-state index is 13.8. The van der Waals surface area contributed by atoms with Crippen LogP contribution in [0.5, 0.6) is 0 Å². The van der Waals surface area contributed by atoms with Gasteiger partial charge in [-0.15, -0.1) is 11.8 Å². The van der Waals surface area contributed by atoms with E-state index in [4.69, 9.17) is 0 Å². The molecule has 0 spiro atoms. The van der Waals surface area contributed by atoms with Gasteiger partial charge >= 0.3 is 0 Å². The molecule has 2 aromatic carbocycles. The predicted octanol–water partition coefficient (Wildman–Crippen LogP) is 5.55. The van der Waals surface area contributed by atoms with Crippen molar-refractivity contribution in [2.45, 2.75) is 24.3 Å². The average molecular weight is 352 g/mol. The summed E-state index contributed by atoms with van der Waals surface area (Å²) in [5.74, 6) is 0.836. The molecule has 0 aromatic heterocycles. The number of halogens is 2. The Morgan fingerprint density at radius 3 is 2.95 bits per heavy atom. The molecule has 1 heterocycles. The topological polar surface area (TPSA) is 12.0 Å². The van der Waals surface area contributed by atoms with E-state index in [1.807, 2.05) is 6.07 Å². The number of rotatable bonds is 2. The predicted molar refractivity (Wildman–Crippen MR) is 87.0 cm³/mol. The maximum absolute atomic E-state index is 13.8. The molecule has 1 aliphatic heterocycles. The lowest BCUT2D eigenvalue weighted by atomic mass is 10.0. The first-order chi connectivity index (χ1) is 9.65. The number of benzene rings is 2. The van der Waals surface area contributed by atoms with Crippen molar-refractivity contribution in [2.24, 2.45) is 0 Å². The van der Waals surface area contributed by atoms with Crippen LogP contribution in [0.15, 0.2) is 45.8 Å². The molecule has 1 atom stereocenters. The van der Waals surface area contributed by atoms with Gasteiger partial charge in [0, 0.05) is 20.8 Å². The molecule has 1 N–H and O–H groups in total. The fourth-order valence-corrected chi connectivity index (χ4v) is 3.94. The van der Waals surface area contributed by atoms with Crippen LogP contribution >= 0.6 is 27.7 Å². The van der Waals surface area contributed by atoms with E-state index in [1.165, 1.54) is 11.6 Å². The van der Waals surface area contributed by atoms with Gasteiger partial charge in [0.25, 0.3) is 0 Å². The van der Waals surface area contributed by atoms with Crippen LogP contribution in [-0.2, 0) is 0 Å². The molecule has 0 saturated carbocycles. The molecular weight excluding hydrogens is 337 g/mol. The van der Waals surface area contributed by atoms with Gasteiger partial charge in [-0.05, 0) is 42.7 Å². The molecular formula is C16H15BrFNS. The third-order valence-electron chi connectivity index (χ3n) is 3.54. The summed E-state index contributed by atoms with van der Waals surface area (Å²) in [5, 5.41) is 3.52. The summed E-state index contributed by atoms with van der Waals surface area (Å²) in [5.41, 5.74) is 3.34. The van der Waals surface area contributed by atoms with E-state index in [0.717, 1.165) is 32.8 Å². The van der Waals surface area contributed by atoms with Gasteiger partial charge in [0.1, 0.15) is 5.82 Å². The molecule has 0 saturated heterocycles. The Bertz CT molecular complexity index is 644. The lowest BCUT2D eigenvalue weighted by Gasteiger charge is -2.27. The number of fused-ring (bicyclic) bond motifs is 1. The highest BCUT2D eigenvalue weighted by atomic mass is 79.9. The summed E-state index contributed by atoms with van der Waals surface area (Å²) >= 11 is 5.16. The van der Waals surface area contributed by atoms with Crippen LogP contribution in [0.1, 0.15) is 23.6 Å². The van der Waals surface area contributed by atoms with Gasteiger partial charge in [0.15, 0.2) is 0 Å². The summed E-state index contributed by atoms with van der Waals surface area (Å²) in [6, 6.07) is 11.8. The summed E-state index contributed by atoms with van der Waals surface area (Å²) in [4.78, 5) is 0.794. The van der Waals surface area contributed by atoms with Crippen LogP contribution in [0.25, 0.3) is 0 Å². The molecule has 104 valence electrons. The monoisotopic (exact) mass is 351 g/mol. The Morgan fingerprint density at radius 1 is 1.30 bits per heavy atom. The van der Waals surface area contributed by atoms with Gasteiger partial charge < -0.3 is 5.32 Å². The third-order valence-corrected chi connectivity index (χ3v) is 5.55. The van der Waals surface area contributed by atoms with Gasteiger partial charge in [0.05, 0.1) is 6.04 Å². The largest absolute Gasteiger partial charge is 0.378 e. The van der Waals surface area contributed by atoms with E-state index in [0.29, 0.717) is 0 Å². The number of hydrogen-bond donors (Lipinski definition) is 1. The Balaban J connectivity index is 1.89. The fourth-order valence-electron chi connectivity index (χ4n) is 2.42. The fraction of sp³-hybridized carbons (Fsp3) is 0.250. The molecule has 0 fully saturated rings. The van der Waals surface area contributed by atoms with Crippen molar-refractivity contribution in [3.8, 4) is 0 Å². The second kappa shape index (κ2) is 5.78. The standard InChI is InChI=1S/C16H15BrFNS/c1-10-5-6-11(9-13(10)17)19-15-7-8-20-16-12(15)3-2-4-14(16)18/h2-6,9,15,19H,7-8H2,1H3. The molecule has 0 bridgehead atoms. The zero-order valence-corrected chi connectivity index (χ0v) is 13.5. The first-order valence-electron chi connectivity index (χ1n) is 6.59. The van der Waals surface area contributed by atoms with Crippen molar-refractivity contribution in [2.75, 3.05) is 11.1 Å². The minimum atomic E-state index is -0.107. The van der Waals surface area contributed by atoms with Crippen LogP contribution in [0.3, 0.4) is 0 Å². The van der Waals surface area contributed by atoms with Gasteiger partial charge in [-0.3, -0.25) is 0 Å². The molecule has 1 unspecified atom stereocenters. The van der Waals surface area contributed by atoms with Crippen LogP contribution in [-0.4, -0.2) is 5.75 Å². The van der Waals surface area contributed by atoms with Crippen LogP contribution in [0, 0.1) is 12.7 Å². The Kier molecular flexibility index (Phi) is 4.03. The van der Waals surface area contributed by atoms with E-state index in [-0.39, 0.29) is 11.9 Å². The van der Waals surface area contributed by atoms with E-state index in [1.54, 1.807) is 17.8 Å². The maximum Gasteiger partial charge on any atom is 0.137 e. The summed E-state index contributed by atoms with van der Waals surface area (Å²) in [6.45, 7) is 2.07. The lowest BCUT2D eigenvalue weighted by Crippen LogP contribution is -2.16. The van der Waals surface area contributed by atoms with Crippen molar-refractivity contribution in [1.29, 1.82) is 0 Å². The van der Waals surface area contributed by atoms with Crippen LogP contribution in [0.2, 0.25) is 0 Å². The van der Waals surface area contributed by atoms with Gasteiger partial charge in [-0.25, -0.2) is 4.39 Å². The summed E-state index contributed by atoms with van der Waals surface area (Å²) in [6.07, 6.45) is 1.01. The average Bonchev–Trinajstić information content (AvgIpc) is 2.44. The van der Waals surface area contributed by atoms with E-state index in [2.05, 4.69) is 46.4 Å². The normalized spacial score (nSPS) is 17.6. The Hall–Kier alpha value is -1.000. The molecule has 3 rings (SSSR count). The van der Waals surface area contributed by atoms with Crippen molar-refractivity contribution in [3.63, 3.8) is 0 Å². The Morgan fingerprint density at radius 2 is 2.15 bits per heavy atom. The van der Waals surface area contributed by atoms with E-state index < -0.39 is 0 Å². The molecule has 4 heteroatoms. The minimum Gasteiger partial charge on any atom is -0.378 e. The smallest absolute Gasteiger partial charge is 0.137 e. The number of nitrogens with one attached hydrogen (secondary N) is 1. The first kappa shape index (κ1) is 14.0. The third kappa shape index (κ3) is 2.72. The molecule has 0 aliphatic carbocycles. The van der Waals surface area contributed by atoms with Gasteiger partial charge in [-0.1, -0.05) is 34.1 Å². The molecule has 20 heavy (non-hydrogen) atoms. The molecule has 0 radical (unpaired) electrons. The van der Waals surface area contributed by atoms with Crippen molar-refractivity contribution in [3.05, 3.63) is 57.8 Å². The Labute approximate surface area is 131 Å². The number of aryl methyl sites for hydroxylation is 1. The number of hydrogen-bond acceptors (Lipinski definition) is 2. The summed E-state index contributed by atoms with van der Waals surface area (Å²) in [7, 11) is 0. The highest BCUT2D eigenvalue weighted by Gasteiger charge is 2.22. The highest BCUT2D eigenvalue weighted by Crippen LogP contribution is 2.39. The molecule has 2 aromatic rings.